The van der Waals surface area contributed by atoms with Gasteiger partial charge in [0.15, 0.2) is 0 Å². The third-order valence-corrected chi connectivity index (χ3v) is 6.63. The number of sulfonamides is 1. The van der Waals surface area contributed by atoms with Gasteiger partial charge in [0, 0.05) is 23.0 Å². The second-order valence-corrected chi connectivity index (χ2v) is 9.13. The van der Waals surface area contributed by atoms with Gasteiger partial charge in [-0.1, -0.05) is 18.2 Å². The fraction of sp³-hybridized carbons (Fsp3) is 0.174. The number of carbonyl (C=O) groups is 1. The molecule has 0 fully saturated rings. The number of halogens is 1. The lowest BCUT2D eigenvalue weighted by Crippen LogP contribution is -2.35. The van der Waals surface area contributed by atoms with Crippen molar-refractivity contribution in [2.24, 2.45) is 0 Å². The Labute approximate surface area is 175 Å². The number of amides is 1. The fourth-order valence-electron chi connectivity index (χ4n) is 3.69. The van der Waals surface area contributed by atoms with E-state index in [1.165, 1.54) is 19.1 Å². The number of hydrogen-bond donors (Lipinski definition) is 1. The first-order chi connectivity index (χ1) is 14.3. The molecule has 3 aromatic carbocycles. The molecule has 1 heterocycles. The Bertz CT molecular complexity index is 1220. The lowest BCUT2D eigenvalue weighted by atomic mass is 10.1. The van der Waals surface area contributed by atoms with Crippen LogP contribution in [-0.2, 0) is 16.4 Å². The van der Waals surface area contributed by atoms with Gasteiger partial charge in [0.05, 0.1) is 4.90 Å². The van der Waals surface area contributed by atoms with Crippen molar-refractivity contribution in [2.75, 3.05) is 9.62 Å². The van der Waals surface area contributed by atoms with E-state index in [4.69, 9.17) is 0 Å². The number of aryl methyl sites for hydroxylation is 1. The van der Waals surface area contributed by atoms with Crippen molar-refractivity contribution in [2.45, 2.75) is 31.2 Å². The number of nitrogens with zero attached hydrogens (tertiary/aromatic N) is 1. The quantitative estimate of drug-likeness (QED) is 0.669. The van der Waals surface area contributed by atoms with E-state index in [9.17, 15) is 17.6 Å². The highest BCUT2D eigenvalue weighted by Gasteiger charge is 2.31. The lowest BCUT2D eigenvalue weighted by molar-refractivity contribution is 0.0981. The van der Waals surface area contributed by atoms with Gasteiger partial charge in [0.25, 0.3) is 15.9 Å². The third kappa shape index (κ3) is 3.68. The Morgan fingerprint density at radius 3 is 2.47 bits per heavy atom. The molecule has 4 rings (SSSR count). The maximum Gasteiger partial charge on any atom is 0.261 e. The molecule has 1 atom stereocenters. The maximum absolute atomic E-state index is 13.4. The van der Waals surface area contributed by atoms with Gasteiger partial charge in [0.1, 0.15) is 5.82 Å². The summed E-state index contributed by atoms with van der Waals surface area (Å²) >= 11 is 0. The molecule has 1 amide bonds. The summed E-state index contributed by atoms with van der Waals surface area (Å²) in [6.45, 7) is 3.51. The highest BCUT2D eigenvalue weighted by Crippen LogP contribution is 2.33. The van der Waals surface area contributed by atoms with Gasteiger partial charge in [0.2, 0.25) is 0 Å². The van der Waals surface area contributed by atoms with Crippen molar-refractivity contribution < 1.29 is 17.6 Å². The van der Waals surface area contributed by atoms with Gasteiger partial charge in [-0.3, -0.25) is 9.52 Å². The smallest absolute Gasteiger partial charge is 0.261 e. The van der Waals surface area contributed by atoms with Crippen LogP contribution in [0.5, 0.6) is 0 Å². The third-order valence-electron chi connectivity index (χ3n) is 5.25. The molecule has 0 saturated carbocycles. The predicted molar refractivity (Wildman–Crippen MR) is 115 cm³/mol. The van der Waals surface area contributed by atoms with Crippen LogP contribution >= 0.6 is 0 Å². The van der Waals surface area contributed by atoms with Crippen LogP contribution in [-0.4, -0.2) is 20.4 Å². The van der Waals surface area contributed by atoms with Gasteiger partial charge < -0.3 is 4.90 Å². The second-order valence-electron chi connectivity index (χ2n) is 7.45. The average molecular weight is 424 g/mol. The molecule has 1 unspecified atom stereocenters. The molecular formula is C23H21FN2O3S. The van der Waals surface area contributed by atoms with Crippen molar-refractivity contribution >= 4 is 27.3 Å². The largest absolute Gasteiger partial charge is 0.305 e. The number of benzene rings is 3. The Hall–Kier alpha value is -3.19. The van der Waals surface area contributed by atoms with E-state index < -0.39 is 15.8 Å². The van der Waals surface area contributed by atoms with Crippen LogP contribution in [0.4, 0.5) is 15.8 Å². The normalized spacial score (nSPS) is 15.7. The Balaban J connectivity index is 1.54. The molecule has 0 aromatic heterocycles. The van der Waals surface area contributed by atoms with E-state index in [2.05, 4.69) is 4.72 Å². The summed E-state index contributed by atoms with van der Waals surface area (Å²) < 4.78 is 41.0. The topological polar surface area (TPSA) is 66.5 Å². The zero-order chi connectivity index (χ0) is 21.5. The minimum atomic E-state index is -3.86. The first-order valence-corrected chi connectivity index (χ1v) is 11.0. The SMILES string of the molecule is Cc1cc(S(=O)(=O)Nc2ccc(C(=O)N3c4ccccc4CC3C)cc2)ccc1F. The number of para-hydroxylation sites is 1. The number of fused-ring (bicyclic) bond motifs is 1. The predicted octanol–water partition coefficient (Wildman–Crippen LogP) is 4.53. The van der Waals surface area contributed by atoms with E-state index >= 15 is 0 Å². The van der Waals surface area contributed by atoms with Crippen molar-refractivity contribution in [3.05, 3.63) is 89.2 Å². The highest BCUT2D eigenvalue weighted by atomic mass is 32.2. The summed E-state index contributed by atoms with van der Waals surface area (Å²) in [6.07, 6.45) is 0.802. The molecule has 0 aliphatic carbocycles. The monoisotopic (exact) mass is 424 g/mol. The van der Waals surface area contributed by atoms with E-state index in [-0.39, 0.29) is 22.4 Å². The van der Waals surface area contributed by atoms with Crippen LogP contribution < -0.4 is 9.62 Å². The van der Waals surface area contributed by atoms with Crippen LogP contribution in [0.3, 0.4) is 0 Å². The molecule has 0 radical (unpaired) electrons. The van der Waals surface area contributed by atoms with Gasteiger partial charge in [-0.25, -0.2) is 12.8 Å². The molecule has 1 aliphatic heterocycles. The van der Waals surface area contributed by atoms with Gasteiger partial charge in [-0.05, 0) is 79.9 Å². The van der Waals surface area contributed by atoms with Crippen LogP contribution in [0.1, 0.15) is 28.4 Å². The Kier molecular flexibility index (Phi) is 5.07. The number of rotatable bonds is 4. The first-order valence-electron chi connectivity index (χ1n) is 9.57. The molecule has 154 valence electrons. The zero-order valence-electron chi connectivity index (χ0n) is 16.6. The minimum Gasteiger partial charge on any atom is -0.305 e. The molecule has 3 aromatic rings. The van der Waals surface area contributed by atoms with Crippen molar-refractivity contribution in [1.82, 2.24) is 0 Å². The van der Waals surface area contributed by atoms with Crippen molar-refractivity contribution in [3.8, 4) is 0 Å². The van der Waals surface area contributed by atoms with Crippen LogP contribution in [0.15, 0.2) is 71.6 Å². The minimum absolute atomic E-state index is 0.0240. The summed E-state index contributed by atoms with van der Waals surface area (Å²) in [4.78, 5) is 14.8. The molecule has 0 spiro atoms. The summed E-state index contributed by atoms with van der Waals surface area (Å²) in [6, 6.07) is 17.8. The highest BCUT2D eigenvalue weighted by molar-refractivity contribution is 7.92. The maximum atomic E-state index is 13.4. The number of carbonyl (C=O) groups excluding carboxylic acids is 1. The second kappa shape index (κ2) is 7.57. The van der Waals surface area contributed by atoms with Crippen molar-refractivity contribution in [1.29, 1.82) is 0 Å². The average Bonchev–Trinajstić information content (AvgIpc) is 3.05. The summed E-state index contributed by atoms with van der Waals surface area (Å²) in [5.41, 5.74) is 3.09. The van der Waals surface area contributed by atoms with Gasteiger partial charge in [-0.15, -0.1) is 0 Å². The Morgan fingerprint density at radius 2 is 1.77 bits per heavy atom. The number of hydrogen-bond acceptors (Lipinski definition) is 3. The number of anilines is 2. The molecule has 0 saturated heterocycles. The Morgan fingerprint density at radius 1 is 1.07 bits per heavy atom. The molecule has 5 nitrogen and oxygen atoms in total. The molecular weight excluding hydrogens is 403 g/mol. The van der Waals surface area contributed by atoms with Crippen LogP contribution in [0.25, 0.3) is 0 Å². The standard InChI is InChI=1S/C23H21FN2O3S/c1-15-13-20(11-12-21(15)24)30(28,29)25-19-9-7-17(8-10-19)23(27)26-16(2)14-18-5-3-4-6-22(18)26/h3-13,16,25H,14H2,1-2H3. The van der Waals surface area contributed by atoms with Gasteiger partial charge in [-0.2, -0.15) is 0 Å². The molecule has 1 aliphatic rings. The van der Waals surface area contributed by atoms with Crippen LogP contribution in [0, 0.1) is 12.7 Å². The lowest BCUT2D eigenvalue weighted by Gasteiger charge is -2.23. The summed E-state index contributed by atoms with van der Waals surface area (Å²) in [5, 5.41) is 0. The van der Waals surface area contributed by atoms with Crippen molar-refractivity contribution in [3.63, 3.8) is 0 Å². The summed E-state index contributed by atoms with van der Waals surface area (Å²) in [5.74, 6) is -0.592. The molecule has 1 N–H and O–H groups in total. The molecule has 7 heteroatoms. The fourth-order valence-corrected chi connectivity index (χ4v) is 4.84. The van der Waals surface area contributed by atoms with Crippen LogP contribution in [0.2, 0.25) is 0 Å². The first kappa shape index (κ1) is 20.1. The van der Waals surface area contributed by atoms with Gasteiger partial charge >= 0.3 is 0 Å². The zero-order valence-corrected chi connectivity index (χ0v) is 17.4. The van der Waals surface area contributed by atoms with E-state index in [0.717, 1.165) is 23.7 Å². The van der Waals surface area contributed by atoms with E-state index in [1.54, 1.807) is 29.2 Å². The number of nitrogens with one attached hydrogen (secondary N) is 1. The molecule has 30 heavy (non-hydrogen) atoms. The summed E-state index contributed by atoms with van der Waals surface area (Å²) in [7, 11) is -3.86. The van der Waals surface area contributed by atoms with E-state index in [0.29, 0.717) is 11.3 Å². The molecule has 0 bridgehead atoms. The van der Waals surface area contributed by atoms with E-state index in [1.807, 2.05) is 31.2 Å².